The van der Waals surface area contributed by atoms with Gasteiger partial charge in [-0.25, -0.2) is 4.79 Å². The molecule has 0 radical (unpaired) electrons. The van der Waals surface area contributed by atoms with Crippen LogP contribution in [0.4, 0.5) is 10.5 Å². The molecule has 0 fully saturated rings. The summed E-state index contributed by atoms with van der Waals surface area (Å²) in [5.74, 6) is 0.734. The van der Waals surface area contributed by atoms with Gasteiger partial charge in [0, 0.05) is 30.8 Å². The predicted molar refractivity (Wildman–Crippen MR) is 120 cm³/mol. The van der Waals surface area contributed by atoms with Gasteiger partial charge in [0.05, 0.1) is 30.0 Å². The largest absolute Gasteiger partial charge is 0.491 e. The second-order valence-electron chi connectivity index (χ2n) is 6.94. The normalized spacial score (nSPS) is 10.6. The Morgan fingerprint density at radius 2 is 1.87 bits per heavy atom. The minimum absolute atomic E-state index is 0.378. The van der Waals surface area contributed by atoms with Gasteiger partial charge in [0.25, 0.3) is 0 Å². The molecule has 0 atom stereocenters. The zero-order valence-electron chi connectivity index (χ0n) is 18.1. The van der Waals surface area contributed by atoms with Crippen LogP contribution in [0.15, 0.2) is 42.5 Å². The first-order chi connectivity index (χ1) is 15.1. The SMILES string of the molecule is CCCOC(=O)Nc1ccc(-c2c(C#N)c3ccc(OCCOC)cc3n2CC)cc1. The third-order valence-electron chi connectivity index (χ3n) is 4.86. The molecular weight excluding hydrogens is 394 g/mol. The first-order valence-electron chi connectivity index (χ1n) is 10.3. The van der Waals surface area contributed by atoms with Gasteiger partial charge < -0.3 is 18.8 Å². The average molecular weight is 421 g/mol. The van der Waals surface area contributed by atoms with Gasteiger partial charge in [0.2, 0.25) is 0 Å². The number of fused-ring (bicyclic) bond motifs is 1. The molecule has 0 bridgehead atoms. The number of hydrogen-bond acceptors (Lipinski definition) is 5. The average Bonchev–Trinajstić information content (AvgIpc) is 3.11. The van der Waals surface area contributed by atoms with Crippen molar-refractivity contribution < 1.29 is 19.0 Å². The van der Waals surface area contributed by atoms with Gasteiger partial charge in [-0.15, -0.1) is 0 Å². The van der Waals surface area contributed by atoms with E-state index in [9.17, 15) is 10.1 Å². The molecule has 1 N–H and O–H groups in total. The quantitative estimate of drug-likeness (QED) is 0.481. The number of ether oxygens (including phenoxy) is 3. The summed E-state index contributed by atoms with van der Waals surface area (Å²) >= 11 is 0. The molecule has 162 valence electrons. The van der Waals surface area contributed by atoms with Gasteiger partial charge in [-0.05, 0) is 43.2 Å². The molecule has 0 aliphatic heterocycles. The van der Waals surface area contributed by atoms with Crippen LogP contribution in [0.1, 0.15) is 25.8 Å². The zero-order valence-corrected chi connectivity index (χ0v) is 18.1. The monoisotopic (exact) mass is 421 g/mol. The van der Waals surface area contributed by atoms with Gasteiger partial charge in [-0.1, -0.05) is 19.1 Å². The zero-order chi connectivity index (χ0) is 22.2. The number of aryl methyl sites for hydroxylation is 1. The van der Waals surface area contributed by atoms with E-state index in [4.69, 9.17) is 14.2 Å². The molecule has 1 heterocycles. The van der Waals surface area contributed by atoms with E-state index >= 15 is 0 Å². The van der Waals surface area contributed by atoms with Gasteiger partial charge in [0.15, 0.2) is 0 Å². The molecule has 3 rings (SSSR count). The Morgan fingerprint density at radius 1 is 1.10 bits per heavy atom. The summed E-state index contributed by atoms with van der Waals surface area (Å²) in [6, 6.07) is 15.5. The smallest absolute Gasteiger partial charge is 0.411 e. The Labute approximate surface area is 182 Å². The van der Waals surface area contributed by atoms with Crippen molar-refractivity contribution in [2.45, 2.75) is 26.8 Å². The molecule has 0 saturated heterocycles. The maximum atomic E-state index is 11.8. The van der Waals surface area contributed by atoms with Gasteiger partial charge in [-0.3, -0.25) is 5.32 Å². The number of nitrogens with one attached hydrogen (secondary N) is 1. The lowest BCUT2D eigenvalue weighted by atomic mass is 10.1. The van der Waals surface area contributed by atoms with Gasteiger partial charge >= 0.3 is 6.09 Å². The number of methoxy groups -OCH3 is 1. The van der Waals surface area contributed by atoms with Crippen molar-refractivity contribution >= 4 is 22.7 Å². The minimum atomic E-state index is -0.476. The van der Waals surface area contributed by atoms with E-state index < -0.39 is 6.09 Å². The summed E-state index contributed by atoms with van der Waals surface area (Å²) < 4.78 is 17.9. The van der Waals surface area contributed by atoms with Crippen molar-refractivity contribution in [2.75, 3.05) is 32.2 Å². The molecule has 1 amide bonds. The number of hydrogen-bond donors (Lipinski definition) is 1. The van der Waals surface area contributed by atoms with E-state index in [1.54, 1.807) is 19.2 Å². The van der Waals surface area contributed by atoms with E-state index in [1.807, 2.05) is 44.2 Å². The number of carbonyl (C=O) groups excluding carboxylic acids is 1. The van der Waals surface area contributed by atoms with Gasteiger partial charge in [0.1, 0.15) is 18.4 Å². The molecule has 7 heteroatoms. The third-order valence-corrected chi connectivity index (χ3v) is 4.86. The lowest BCUT2D eigenvalue weighted by molar-refractivity contribution is 0.146. The number of anilines is 1. The molecule has 0 aliphatic carbocycles. The number of aromatic nitrogens is 1. The molecule has 2 aromatic carbocycles. The third kappa shape index (κ3) is 4.98. The molecule has 0 spiro atoms. The Morgan fingerprint density at radius 3 is 2.52 bits per heavy atom. The first kappa shape index (κ1) is 22.2. The summed E-state index contributed by atoms with van der Waals surface area (Å²) in [6.07, 6.45) is 0.292. The summed E-state index contributed by atoms with van der Waals surface area (Å²) in [5.41, 5.74) is 3.92. The Balaban J connectivity index is 1.95. The van der Waals surface area contributed by atoms with E-state index in [0.29, 0.717) is 37.6 Å². The van der Waals surface area contributed by atoms with Crippen LogP contribution in [0.25, 0.3) is 22.2 Å². The van der Waals surface area contributed by atoms with Crippen molar-refractivity contribution in [1.29, 1.82) is 5.26 Å². The first-order valence-corrected chi connectivity index (χ1v) is 10.3. The fraction of sp³-hybridized carbons (Fsp3) is 0.333. The number of rotatable bonds is 9. The molecule has 1 aromatic heterocycles. The van der Waals surface area contributed by atoms with E-state index in [2.05, 4.69) is 16.0 Å². The standard InChI is InChI=1S/C24H27N3O4/c1-4-12-31-24(28)26-18-8-6-17(7-9-18)23-21(16-25)20-11-10-19(30-14-13-29-3)15-22(20)27(23)5-2/h6-11,15H,4-5,12-14H2,1-3H3,(H,26,28). The molecule has 0 aliphatic rings. The van der Waals surface area contributed by atoms with Crippen LogP contribution in [0.5, 0.6) is 5.75 Å². The number of amides is 1. The van der Waals surface area contributed by atoms with E-state index in [0.717, 1.165) is 34.3 Å². The predicted octanol–water partition coefficient (Wildman–Crippen LogP) is 5.18. The van der Waals surface area contributed by atoms with E-state index in [-0.39, 0.29) is 0 Å². The molecule has 0 saturated carbocycles. The van der Waals surface area contributed by atoms with Crippen molar-refractivity contribution in [3.63, 3.8) is 0 Å². The van der Waals surface area contributed by atoms with Crippen LogP contribution in [-0.4, -0.2) is 37.6 Å². The highest BCUT2D eigenvalue weighted by atomic mass is 16.5. The van der Waals surface area contributed by atoms with Crippen LogP contribution < -0.4 is 10.1 Å². The number of carbonyl (C=O) groups is 1. The molecule has 7 nitrogen and oxygen atoms in total. The van der Waals surface area contributed by atoms with Crippen LogP contribution >= 0.6 is 0 Å². The van der Waals surface area contributed by atoms with Crippen molar-refractivity contribution in [3.05, 3.63) is 48.0 Å². The molecular formula is C24H27N3O4. The second kappa shape index (κ2) is 10.5. The Bertz CT molecular complexity index is 1080. The maximum absolute atomic E-state index is 11.8. The van der Waals surface area contributed by atoms with Crippen molar-refractivity contribution in [1.82, 2.24) is 4.57 Å². The topological polar surface area (TPSA) is 85.5 Å². The van der Waals surface area contributed by atoms with Crippen LogP contribution in [0.3, 0.4) is 0 Å². The summed E-state index contributed by atoms with van der Waals surface area (Å²) in [5, 5.41) is 13.5. The number of nitrogens with zero attached hydrogens (tertiary/aromatic N) is 2. The Hall–Kier alpha value is -3.50. The van der Waals surface area contributed by atoms with Gasteiger partial charge in [-0.2, -0.15) is 5.26 Å². The molecule has 3 aromatic rings. The van der Waals surface area contributed by atoms with Crippen LogP contribution in [-0.2, 0) is 16.0 Å². The molecule has 31 heavy (non-hydrogen) atoms. The summed E-state index contributed by atoms with van der Waals surface area (Å²) in [4.78, 5) is 11.8. The highest BCUT2D eigenvalue weighted by Gasteiger charge is 2.18. The van der Waals surface area contributed by atoms with Crippen molar-refractivity contribution in [2.24, 2.45) is 0 Å². The fourth-order valence-electron chi connectivity index (χ4n) is 3.46. The van der Waals surface area contributed by atoms with Crippen molar-refractivity contribution in [3.8, 4) is 23.1 Å². The summed E-state index contributed by atoms with van der Waals surface area (Å²) in [6.45, 7) is 6.02. The molecule has 0 unspecified atom stereocenters. The van der Waals surface area contributed by atoms with Crippen LogP contribution in [0.2, 0.25) is 0 Å². The van der Waals surface area contributed by atoms with E-state index in [1.165, 1.54) is 0 Å². The maximum Gasteiger partial charge on any atom is 0.411 e. The fourth-order valence-corrected chi connectivity index (χ4v) is 3.46. The summed E-state index contributed by atoms with van der Waals surface area (Å²) in [7, 11) is 1.63. The highest BCUT2D eigenvalue weighted by molar-refractivity contribution is 5.95. The number of nitriles is 1. The second-order valence-corrected chi connectivity index (χ2v) is 6.94. The lowest BCUT2D eigenvalue weighted by Crippen LogP contribution is -2.13. The Kier molecular flexibility index (Phi) is 7.52. The number of benzene rings is 2. The minimum Gasteiger partial charge on any atom is -0.491 e. The lowest BCUT2D eigenvalue weighted by Gasteiger charge is -2.11. The highest BCUT2D eigenvalue weighted by Crippen LogP contribution is 2.35. The van der Waals surface area contributed by atoms with Crippen LogP contribution in [0, 0.1) is 11.3 Å².